The molecule has 0 aliphatic heterocycles. The minimum Gasteiger partial charge on any atom is -0.460 e. The largest absolute Gasteiger partial charge is 0.460 e. The molecule has 0 aliphatic carbocycles. The Bertz CT molecular complexity index is 1250. The summed E-state index contributed by atoms with van der Waals surface area (Å²) in [5, 5.41) is 2.81. The topological polar surface area (TPSA) is 104 Å². The summed E-state index contributed by atoms with van der Waals surface area (Å²) in [7, 11) is 3.46. The van der Waals surface area contributed by atoms with Gasteiger partial charge >= 0.3 is 11.9 Å². The molecular weight excluding hydrogens is 448 g/mol. The normalized spacial score (nSPS) is 11.1. The zero-order valence-electron chi connectivity index (χ0n) is 20.6. The molecule has 0 saturated carbocycles. The molecule has 1 amide bonds. The Balaban J connectivity index is 1.67. The van der Waals surface area contributed by atoms with E-state index < -0.39 is 23.4 Å². The van der Waals surface area contributed by atoms with E-state index in [4.69, 9.17) is 9.47 Å². The monoisotopic (exact) mass is 478 g/mol. The predicted octanol–water partition coefficient (Wildman–Crippen LogP) is 3.90. The van der Waals surface area contributed by atoms with Crippen molar-refractivity contribution in [2.24, 2.45) is 14.1 Å². The van der Waals surface area contributed by atoms with E-state index in [1.807, 2.05) is 18.3 Å². The first-order valence-corrected chi connectivity index (χ1v) is 11.1. The molecule has 0 bridgehead atoms. The molecule has 1 aromatic carbocycles. The molecule has 2 heterocycles. The molecule has 0 spiro atoms. The highest BCUT2D eigenvalue weighted by Gasteiger charge is 2.20. The van der Waals surface area contributed by atoms with Gasteiger partial charge in [0.15, 0.2) is 5.82 Å². The maximum absolute atomic E-state index is 12.8. The fraction of sp³-hybridized carbons (Fsp3) is 0.308. The molecule has 184 valence electrons. The van der Waals surface area contributed by atoms with Crippen molar-refractivity contribution in [2.45, 2.75) is 32.8 Å². The molecule has 0 atom stereocenters. The number of benzene rings is 1. The van der Waals surface area contributed by atoms with Crippen molar-refractivity contribution in [3.8, 4) is 11.1 Å². The summed E-state index contributed by atoms with van der Waals surface area (Å²) in [4.78, 5) is 41.3. The molecule has 0 unspecified atom stereocenters. The minimum absolute atomic E-state index is 0.0206. The van der Waals surface area contributed by atoms with Crippen LogP contribution in [0, 0.1) is 0 Å². The molecular formula is C26H30N4O5. The number of nitrogens with one attached hydrogen (secondary N) is 1. The summed E-state index contributed by atoms with van der Waals surface area (Å²) in [6.45, 7) is 9.07. The van der Waals surface area contributed by atoms with E-state index in [0.717, 1.165) is 11.1 Å². The van der Waals surface area contributed by atoms with Crippen LogP contribution in [0.25, 0.3) is 11.1 Å². The standard InChI is InChI=1S/C26H30N4O5/c1-7-12-34-25(33)21-13-18(15-29(21)5)17-8-10-19(11-9-17)28-24(32)23-27-20(16-30(23)6)14-22(31)35-26(2,3)4/h7-11,13,15-16H,1,12,14H2,2-6H3,(H,28,32). The van der Waals surface area contributed by atoms with Crippen molar-refractivity contribution in [1.82, 2.24) is 14.1 Å². The zero-order chi connectivity index (χ0) is 25.8. The van der Waals surface area contributed by atoms with Crippen molar-refractivity contribution < 1.29 is 23.9 Å². The van der Waals surface area contributed by atoms with Crippen molar-refractivity contribution in [3.05, 3.63) is 72.6 Å². The number of anilines is 1. The Morgan fingerprint density at radius 2 is 1.74 bits per heavy atom. The summed E-state index contributed by atoms with van der Waals surface area (Å²) in [5.74, 6) is -1.05. The SMILES string of the molecule is C=CCOC(=O)c1cc(-c2ccc(NC(=O)c3nc(CC(=O)OC(C)(C)C)cn3C)cc2)cn1C. The van der Waals surface area contributed by atoms with Crippen LogP contribution in [0.5, 0.6) is 0 Å². The molecule has 1 N–H and O–H groups in total. The molecule has 0 aliphatic rings. The summed E-state index contributed by atoms with van der Waals surface area (Å²) in [6, 6.07) is 8.96. The van der Waals surface area contributed by atoms with Crippen LogP contribution in [0.2, 0.25) is 0 Å². The van der Waals surface area contributed by atoms with Gasteiger partial charge in [-0.25, -0.2) is 9.78 Å². The number of hydrogen-bond donors (Lipinski definition) is 1. The quantitative estimate of drug-likeness (QED) is 0.389. The fourth-order valence-electron chi connectivity index (χ4n) is 3.42. The van der Waals surface area contributed by atoms with Gasteiger partial charge in [-0.2, -0.15) is 0 Å². The molecule has 0 fully saturated rings. The number of esters is 2. The minimum atomic E-state index is -0.589. The third kappa shape index (κ3) is 6.69. The average molecular weight is 479 g/mol. The van der Waals surface area contributed by atoms with Crippen LogP contribution < -0.4 is 5.32 Å². The third-order valence-corrected chi connectivity index (χ3v) is 4.90. The highest BCUT2D eigenvalue weighted by Crippen LogP contribution is 2.24. The van der Waals surface area contributed by atoms with E-state index in [1.54, 1.807) is 68.4 Å². The van der Waals surface area contributed by atoms with Crippen molar-refractivity contribution in [1.29, 1.82) is 0 Å². The van der Waals surface area contributed by atoms with Gasteiger partial charge in [0.2, 0.25) is 0 Å². The number of nitrogens with zero attached hydrogens (tertiary/aromatic N) is 3. The molecule has 0 radical (unpaired) electrons. The van der Waals surface area contributed by atoms with E-state index in [1.165, 1.54) is 6.08 Å². The van der Waals surface area contributed by atoms with E-state index in [0.29, 0.717) is 17.1 Å². The second kappa shape index (κ2) is 10.4. The van der Waals surface area contributed by atoms with Gasteiger partial charge in [0.25, 0.3) is 5.91 Å². The van der Waals surface area contributed by atoms with E-state index in [2.05, 4.69) is 16.9 Å². The fourth-order valence-corrected chi connectivity index (χ4v) is 3.42. The van der Waals surface area contributed by atoms with E-state index in [-0.39, 0.29) is 18.9 Å². The first-order valence-electron chi connectivity index (χ1n) is 11.1. The highest BCUT2D eigenvalue weighted by atomic mass is 16.6. The van der Waals surface area contributed by atoms with Crippen LogP contribution in [-0.4, -0.2) is 44.2 Å². The van der Waals surface area contributed by atoms with E-state index >= 15 is 0 Å². The maximum Gasteiger partial charge on any atom is 0.355 e. The van der Waals surface area contributed by atoms with Crippen LogP contribution in [0.4, 0.5) is 5.69 Å². The van der Waals surface area contributed by atoms with Crippen molar-refractivity contribution in [2.75, 3.05) is 11.9 Å². The number of ether oxygens (including phenoxy) is 2. The lowest BCUT2D eigenvalue weighted by Gasteiger charge is -2.18. The third-order valence-electron chi connectivity index (χ3n) is 4.90. The number of aromatic nitrogens is 3. The van der Waals surface area contributed by atoms with E-state index in [9.17, 15) is 14.4 Å². The lowest BCUT2D eigenvalue weighted by Crippen LogP contribution is -2.25. The summed E-state index contributed by atoms with van der Waals surface area (Å²) < 4.78 is 13.7. The highest BCUT2D eigenvalue weighted by molar-refractivity contribution is 6.02. The smallest absolute Gasteiger partial charge is 0.355 e. The summed E-state index contributed by atoms with van der Waals surface area (Å²) in [5.41, 5.74) is 2.58. The van der Waals surface area contributed by atoms with Gasteiger partial charge in [-0.15, -0.1) is 0 Å². The van der Waals surface area contributed by atoms with Crippen LogP contribution in [-0.2, 0) is 34.8 Å². The van der Waals surface area contributed by atoms with Crippen LogP contribution in [0.1, 0.15) is 47.6 Å². The Kier molecular flexibility index (Phi) is 7.58. The van der Waals surface area contributed by atoms with Crippen LogP contribution in [0.3, 0.4) is 0 Å². The number of carbonyl (C=O) groups is 3. The summed E-state index contributed by atoms with van der Waals surface area (Å²) >= 11 is 0. The lowest BCUT2D eigenvalue weighted by molar-refractivity contribution is -0.154. The molecule has 35 heavy (non-hydrogen) atoms. The Labute approximate surface area is 204 Å². The number of amides is 1. The van der Waals surface area contributed by atoms with Crippen molar-refractivity contribution in [3.63, 3.8) is 0 Å². The Morgan fingerprint density at radius 1 is 1.06 bits per heavy atom. The number of imidazole rings is 1. The average Bonchev–Trinajstić information content (AvgIpc) is 3.33. The maximum atomic E-state index is 12.8. The summed E-state index contributed by atoms with van der Waals surface area (Å²) in [6.07, 6.45) is 4.96. The number of carbonyl (C=O) groups excluding carboxylic acids is 3. The number of hydrogen-bond acceptors (Lipinski definition) is 6. The second-order valence-corrected chi connectivity index (χ2v) is 9.07. The van der Waals surface area contributed by atoms with Gasteiger partial charge in [0, 0.05) is 37.7 Å². The molecule has 0 saturated heterocycles. The number of aryl methyl sites for hydroxylation is 2. The molecule has 2 aromatic heterocycles. The van der Waals surface area contributed by atoms with Gasteiger partial charge in [0.05, 0.1) is 12.1 Å². The predicted molar refractivity (Wildman–Crippen MR) is 132 cm³/mol. The zero-order valence-corrected chi connectivity index (χ0v) is 20.6. The second-order valence-electron chi connectivity index (χ2n) is 9.07. The van der Waals surface area contributed by atoms with Crippen LogP contribution >= 0.6 is 0 Å². The lowest BCUT2D eigenvalue weighted by atomic mass is 10.1. The van der Waals surface area contributed by atoms with Gasteiger partial charge in [-0.1, -0.05) is 24.8 Å². The van der Waals surface area contributed by atoms with Gasteiger partial charge in [-0.3, -0.25) is 9.59 Å². The van der Waals surface area contributed by atoms with Crippen LogP contribution in [0.15, 0.2) is 55.4 Å². The van der Waals surface area contributed by atoms with Gasteiger partial charge < -0.3 is 23.9 Å². The Morgan fingerprint density at radius 3 is 2.37 bits per heavy atom. The van der Waals surface area contributed by atoms with Gasteiger partial charge in [-0.05, 0) is 44.5 Å². The first kappa shape index (κ1) is 25.5. The number of rotatable bonds is 8. The Hall–Kier alpha value is -4.14. The molecule has 9 nitrogen and oxygen atoms in total. The van der Waals surface area contributed by atoms with Crippen molar-refractivity contribution >= 4 is 23.5 Å². The molecule has 3 aromatic rings. The van der Waals surface area contributed by atoms with Gasteiger partial charge in [0.1, 0.15) is 17.9 Å². The molecule has 3 rings (SSSR count). The first-order chi connectivity index (χ1) is 16.5. The molecule has 9 heteroatoms.